The Balaban J connectivity index is 1.19. The summed E-state index contributed by atoms with van der Waals surface area (Å²) < 4.78 is 33.7. The summed E-state index contributed by atoms with van der Waals surface area (Å²) in [4.78, 5) is 9.38. The Kier molecular flexibility index (Phi) is 6.29. The number of benzene rings is 2. The van der Waals surface area contributed by atoms with Gasteiger partial charge in [-0.3, -0.25) is 0 Å². The fourth-order valence-electron chi connectivity index (χ4n) is 4.87. The predicted molar refractivity (Wildman–Crippen MR) is 143 cm³/mol. The number of aliphatic hydroxyl groups is 1. The van der Waals surface area contributed by atoms with E-state index in [1.54, 1.807) is 12.5 Å². The van der Waals surface area contributed by atoms with Gasteiger partial charge in [0, 0.05) is 27.8 Å². The molecule has 2 saturated heterocycles. The molecule has 0 radical (unpaired) electrons. The molecular formula is C27H26ClN3O5S. The smallest absolute Gasteiger partial charge is 0.195 e. The van der Waals surface area contributed by atoms with Crippen molar-refractivity contribution in [3.63, 3.8) is 0 Å². The lowest BCUT2D eigenvalue weighted by Crippen LogP contribution is -2.34. The molecule has 0 unspecified atom stereocenters. The topological polar surface area (TPSA) is 103 Å². The summed E-state index contributed by atoms with van der Waals surface area (Å²) in [5, 5.41) is 10.5. The minimum absolute atomic E-state index is 0.251. The normalized spacial score (nSPS) is 24.5. The maximum Gasteiger partial charge on any atom is 0.195 e. The van der Waals surface area contributed by atoms with E-state index < -0.39 is 15.8 Å². The summed E-state index contributed by atoms with van der Waals surface area (Å²) in [6, 6.07) is 17.5. The number of aliphatic imine (C=N–C) groups is 1. The van der Waals surface area contributed by atoms with Crippen molar-refractivity contribution >= 4 is 38.6 Å². The Morgan fingerprint density at radius 1 is 1.03 bits per heavy atom. The van der Waals surface area contributed by atoms with E-state index in [0.29, 0.717) is 41.0 Å². The van der Waals surface area contributed by atoms with Crippen molar-refractivity contribution in [3.8, 4) is 22.4 Å². The third kappa shape index (κ3) is 5.02. The lowest BCUT2D eigenvalue weighted by molar-refractivity contribution is 0.00558. The van der Waals surface area contributed by atoms with Crippen molar-refractivity contribution in [3.05, 3.63) is 65.3 Å². The number of pyridine rings is 1. The van der Waals surface area contributed by atoms with Crippen LogP contribution in [-0.2, 0) is 30.4 Å². The first kappa shape index (κ1) is 24.5. The second kappa shape index (κ2) is 9.49. The van der Waals surface area contributed by atoms with E-state index in [9.17, 15) is 9.32 Å². The number of fused-ring (bicyclic) bond motifs is 2. The standard InChI is InChI=1S/C27H26ClN3O5S/c1-37(2,33)31-18-5-3-4-17(10-18)15-6-8-16(9-7-15)25-19(28)11-20-21(30-25)12-24(29-20)36-23-14-35-26-22(32)13-34-27(23)26/h3-11,22-23,26-27,32H,12-14H2,1-2H3/t22-,23-,26-,27-/m1/s1. The fraction of sp³-hybridized carbons (Fsp3) is 0.333. The highest BCUT2D eigenvalue weighted by molar-refractivity contribution is 7.92. The predicted octanol–water partition coefficient (Wildman–Crippen LogP) is 4.56. The van der Waals surface area contributed by atoms with Crippen LogP contribution in [0.25, 0.3) is 22.4 Å². The summed E-state index contributed by atoms with van der Waals surface area (Å²) >= 11 is 6.61. The third-order valence-corrected chi connectivity index (χ3v) is 7.47. The highest BCUT2D eigenvalue weighted by Gasteiger charge is 2.48. The molecular weight excluding hydrogens is 514 g/mol. The molecule has 192 valence electrons. The Hall–Kier alpha value is -2.82. The SMILES string of the molecule is CS(C)(=O)=Nc1cccc(-c2ccc(-c3nc4c(cc3Cl)N=C(O[C@@H]3CO[C@H]5[C@@H]3OC[C@H]5O)C4)cc2)c1. The highest BCUT2D eigenvalue weighted by Crippen LogP contribution is 2.37. The van der Waals surface area contributed by atoms with Crippen LogP contribution >= 0.6 is 11.6 Å². The maximum absolute atomic E-state index is 12.1. The number of hydrogen-bond donors (Lipinski definition) is 1. The molecule has 4 atom stereocenters. The molecule has 3 aliphatic heterocycles. The third-order valence-electron chi connectivity index (χ3n) is 6.53. The minimum Gasteiger partial charge on any atom is -0.472 e. The van der Waals surface area contributed by atoms with Crippen LogP contribution in [0.2, 0.25) is 5.02 Å². The van der Waals surface area contributed by atoms with Gasteiger partial charge in [0.2, 0.25) is 0 Å². The van der Waals surface area contributed by atoms with Crippen molar-refractivity contribution in [1.82, 2.24) is 4.98 Å². The van der Waals surface area contributed by atoms with Gasteiger partial charge in [-0.1, -0.05) is 48.0 Å². The van der Waals surface area contributed by atoms with Gasteiger partial charge in [0.1, 0.15) is 18.3 Å². The van der Waals surface area contributed by atoms with Gasteiger partial charge >= 0.3 is 0 Å². The van der Waals surface area contributed by atoms with Crippen LogP contribution in [0.15, 0.2) is 64.0 Å². The number of aliphatic hydroxyl groups excluding tert-OH is 1. The van der Waals surface area contributed by atoms with Crippen LogP contribution in [0.3, 0.4) is 0 Å². The van der Waals surface area contributed by atoms with Crippen molar-refractivity contribution in [2.45, 2.75) is 30.8 Å². The van der Waals surface area contributed by atoms with Crippen LogP contribution in [0.4, 0.5) is 11.4 Å². The van der Waals surface area contributed by atoms with Crippen molar-refractivity contribution < 1.29 is 23.5 Å². The molecule has 0 aliphatic carbocycles. The lowest BCUT2D eigenvalue weighted by atomic mass is 10.0. The van der Waals surface area contributed by atoms with E-state index in [4.69, 9.17) is 30.8 Å². The van der Waals surface area contributed by atoms with Gasteiger partial charge in [0.25, 0.3) is 0 Å². The van der Waals surface area contributed by atoms with Gasteiger partial charge in [0.15, 0.2) is 12.0 Å². The average molecular weight is 540 g/mol. The molecule has 3 aliphatic rings. The molecule has 0 spiro atoms. The number of hydrogen-bond acceptors (Lipinski definition) is 8. The van der Waals surface area contributed by atoms with Gasteiger partial charge in [-0.15, -0.1) is 0 Å². The van der Waals surface area contributed by atoms with E-state index in [-0.39, 0.29) is 24.9 Å². The fourth-order valence-corrected chi connectivity index (χ4v) is 5.74. The summed E-state index contributed by atoms with van der Waals surface area (Å²) in [5.74, 6) is 0.540. The molecule has 2 aromatic carbocycles. The summed E-state index contributed by atoms with van der Waals surface area (Å²) in [7, 11) is -2.23. The van der Waals surface area contributed by atoms with Gasteiger partial charge in [0.05, 0.1) is 47.4 Å². The molecule has 3 aromatic rings. The zero-order chi connectivity index (χ0) is 25.7. The van der Waals surface area contributed by atoms with Crippen molar-refractivity contribution in [2.24, 2.45) is 9.36 Å². The van der Waals surface area contributed by atoms with Crippen molar-refractivity contribution in [1.29, 1.82) is 0 Å². The van der Waals surface area contributed by atoms with E-state index in [2.05, 4.69) is 9.36 Å². The molecule has 10 heteroatoms. The van der Waals surface area contributed by atoms with E-state index in [0.717, 1.165) is 22.4 Å². The molecule has 0 bridgehead atoms. The molecule has 1 N–H and O–H groups in total. The summed E-state index contributed by atoms with van der Waals surface area (Å²) in [5.41, 5.74) is 5.72. The number of nitrogens with zero attached hydrogens (tertiary/aromatic N) is 3. The van der Waals surface area contributed by atoms with Crippen LogP contribution in [0, 0.1) is 0 Å². The Labute approximate surface area is 220 Å². The Bertz CT molecular complexity index is 1510. The number of aromatic nitrogens is 1. The van der Waals surface area contributed by atoms with Gasteiger partial charge in [-0.2, -0.15) is 4.36 Å². The molecule has 2 fully saturated rings. The van der Waals surface area contributed by atoms with E-state index in [1.165, 1.54) is 0 Å². The monoisotopic (exact) mass is 539 g/mol. The largest absolute Gasteiger partial charge is 0.472 e. The molecule has 1 aromatic heterocycles. The number of rotatable bonds is 4. The maximum atomic E-state index is 12.1. The van der Waals surface area contributed by atoms with Crippen LogP contribution in [0.5, 0.6) is 0 Å². The van der Waals surface area contributed by atoms with Gasteiger partial charge in [-0.05, 0) is 29.3 Å². The zero-order valence-electron chi connectivity index (χ0n) is 20.3. The number of halogens is 1. The van der Waals surface area contributed by atoms with E-state index in [1.807, 2.05) is 54.6 Å². The zero-order valence-corrected chi connectivity index (χ0v) is 21.9. The quantitative estimate of drug-likeness (QED) is 0.521. The lowest BCUT2D eigenvalue weighted by Gasteiger charge is -2.17. The number of ether oxygens (including phenoxy) is 3. The van der Waals surface area contributed by atoms with Crippen LogP contribution in [0.1, 0.15) is 5.69 Å². The summed E-state index contributed by atoms with van der Waals surface area (Å²) in [6.45, 7) is 0.599. The van der Waals surface area contributed by atoms with Gasteiger partial charge in [-0.25, -0.2) is 14.2 Å². The molecule has 37 heavy (non-hydrogen) atoms. The minimum atomic E-state index is -2.23. The first-order chi connectivity index (χ1) is 17.7. The first-order valence-electron chi connectivity index (χ1n) is 12.0. The molecule has 8 nitrogen and oxygen atoms in total. The van der Waals surface area contributed by atoms with E-state index >= 15 is 0 Å². The van der Waals surface area contributed by atoms with Crippen LogP contribution < -0.4 is 0 Å². The Morgan fingerprint density at radius 2 is 1.78 bits per heavy atom. The molecule has 0 saturated carbocycles. The van der Waals surface area contributed by atoms with Crippen LogP contribution in [-0.4, -0.2) is 70.3 Å². The average Bonchev–Trinajstić information content (AvgIpc) is 3.54. The second-order valence-corrected chi connectivity index (χ2v) is 12.6. The first-order valence-corrected chi connectivity index (χ1v) is 14.7. The molecule has 0 amide bonds. The van der Waals surface area contributed by atoms with Gasteiger partial charge < -0.3 is 19.3 Å². The molecule has 4 heterocycles. The van der Waals surface area contributed by atoms with Crippen molar-refractivity contribution in [2.75, 3.05) is 25.7 Å². The Morgan fingerprint density at radius 3 is 2.57 bits per heavy atom. The highest BCUT2D eigenvalue weighted by atomic mass is 35.5. The second-order valence-electron chi connectivity index (χ2n) is 9.69. The summed E-state index contributed by atoms with van der Waals surface area (Å²) in [6.07, 6.45) is 2.10. The molecule has 6 rings (SSSR count).